The fourth-order valence-electron chi connectivity index (χ4n) is 1.83. The van der Waals surface area contributed by atoms with Gasteiger partial charge >= 0.3 is 5.97 Å². The summed E-state index contributed by atoms with van der Waals surface area (Å²) in [4.78, 5) is 12.3. The van der Waals surface area contributed by atoms with Gasteiger partial charge < -0.3 is 10.2 Å². The summed E-state index contributed by atoms with van der Waals surface area (Å²) in [6.45, 7) is 3.54. The van der Waals surface area contributed by atoms with Gasteiger partial charge in [-0.2, -0.15) is 0 Å². The molecule has 0 bridgehead atoms. The first-order valence-electron chi connectivity index (χ1n) is 4.75. The summed E-state index contributed by atoms with van der Waals surface area (Å²) in [5, 5.41) is 18.1. The Morgan fingerprint density at radius 1 is 1.62 bits per heavy atom. The lowest BCUT2D eigenvalue weighted by Crippen LogP contribution is -2.44. The van der Waals surface area contributed by atoms with Gasteiger partial charge in [0.05, 0.1) is 12.6 Å². The van der Waals surface area contributed by atoms with Crippen molar-refractivity contribution in [3.63, 3.8) is 0 Å². The Bertz CT molecular complexity index is 184. The average molecular weight is 187 g/mol. The number of aliphatic hydroxyl groups excluding tert-OH is 1. The Labute approximate surface area is 78.2 Å². The molecular weight excluding hydrogens is 170 g/mol. The van der Waals surface area contributed by atoms with Crippen LogP contribution in [0.3, 0.4) is 0 Å². The van der Waals surface area contributed by atoms with Crippen molar-refractivity contribution in [3.8, 4) is 0 Å². The monoisotopic (exact) mass is 187 g/mol. The van der Waals surface area contributed by atoms with Crippen molar-refractivity contribution in [3.05, 3.63) is 0 Å². The van der Waals surface area contributed by atoms with E-state index in [9.17, 15) is 9.90 Å². The second kappa shape index (κ2) is 4.58. The van der Waals surface area contributed by atoms with Gasteiger partial charge in [0.2, 0.25) is 0 Å². The van der Waals surface area contributed by atoms with Crippen LogP contribution in [0.2, 0.25) is 0 Å². The molecule has 0 unspecified atom stereocenters. The minimum absolute atomic E-state index is 0.100. The van der Waals surface area contributed by atoms with Gasteiger partial charge in [-0.1, -0.05) is 6.92 Å². The van der Waals surface area contributed by atoms with Crippen LogP contribution in [0.1, 0.15) is 19.8 Å². The Hall–Kier alpha value is -0.610. The zero-order valence-electron chi connectivity index (χ0n) is 7.94. The second-order valence-electron chi connectivity index (χ2n) is 3.65. The number of rotatable bonds is 3. The van der Waals surface area contributed by atoms with Crippen LogP contribution < -0.4 is 0 Å². The quantitative estimate of drug-likeness (QED) is 0.661. The maximum atomic E-state index is 10.4. The first-order valence-corrected chi connectivity index (χ1v) is 4.75. The van der Waals surface area contributed by atoms with Crippen LogP contribution in [0.15, 0.2) is 0 Å². The number of aliphatic hydroxyl groups is 1. The van der Waals surface area contributed by atoms with Crippen molar-refractivity contribution in [2.75, 3.05) is 19.6 Å². The van der Waals surface area contributed by atoms with Crippen molar-refractivity contribution in [1.29, 1.82) is 0 Å². The first kappa shape index (κ1) is 10.5. The zero-order chi connectivity index (χ0) is 9.84. The third-order valence-electron chi connectivity index (χ3n) is 2.66. The summed E-state index contributed by atoms with van der Waals surface area (Å²) < 4.78 is 0. The van der Waals surface area contributed by atoms with Crippen molar-refractivity contribution in [2.45, 2.75) is 25.9 Å². The van der Waals surface area contributed by atoms with E-state index < -0.39 is 5.97 Å². The highest BCUT2D eigenvalue weighted by molar-refractivity contribution is 5.69. The molecule has 0 radical (unpaired) electrons. The zero-order valence-corrected chi connectivity index (χ0v) is 7.94. The van der Waals surface area contributed by atoms with E-state index in [-0.39, 0.29) is 18.6 Å². The van der Waals surface area contributed by atoms with Crippen LogP contribution in [-0.4, -0.2) is 46.8 Å². The van der Waals surface area contributed by atoms with Gasteiger partial charge in [0, 0.05) is 13.1 Å². The van der Waals surface area contributed by atoms with Crippen molar-refractivity contribution in [1.82, 2.24) is 4.90 Å². The molecule has 0 amide bonds. The highest BCUT2D eigenvalue weighted by atomic mass is 16.4. The van der Waals surface area contributed by atoms with Crippen molar-refractivity contribution in [2.24, 2.45) is 5.92 Å². The fourth-order valence-corrected chi connectivity index (χ4v) is 1.83. The molecule has 1 heterocycles. The molecule has 1 aliphatic heterocycles. The summed E-state index contributed by atoms with van der Waals surface area (Å²) in [5.41, 5.74) is 0. The fraction of sp³-hybridized carbons (Fsp3) is 0.889. The summed E-state index contributed by atoms with van der Waals surface area (Å²) in [7, 11) is 0. The molecule has 0 spiro atoms. The number of carboxylic acid groups (broad SMARTS) is 1. The van der Waals surface area contributed by atoms with Gasteiger partial charge in [0.15, 0.2) is 0 Å². The molecule has 13 heavy (non-hydrogen) atoms. The number of hydrogen-bond acceptors (Lipinski definition) is 3. The van der Waals surface area contributed by atoms with E-state index in [0.717, 1.165) is 6.42 Å². The smallest absolute Gasteiger partial charge is 0.317 e. The molecule has 2 atom stereocenters. The predicted molar refractivity (Wildman–Crippen MR) is 48.5 cm³/mol. The van der Waals surface area contributed by atoms with E-state index in [4.69, 9.17) is 5.11 Å². The molecular formula is C9H17NO3. The van der Waals surface area contributed by atoms with Gasteiger partial charge in [0.1, 0.15) is 0 Å². The maximum absolute atomic E-state index is 10.4. The van der Waals surface area contributed by atoms with E-state index in [1.165, 1.54) is 0 Å². The number of nitrogens with zero attached hydrogens (tertiary/aromatic N) is 1. The number of carbonyl (C=O) groups is 1. The van der Waals surface area contributed by atoms with E-state index in [1.54, 1.807) is 0 Å². The van der Waals surface area contributed by atoms with Gasteiger partial charge in [-0.15, -0.1) is 0 Å². The SMILES string of the molecule is CC[C@@H]1CN(CC(=O)O)CC[C@H]1O. The number of hydrogen-bond donors (Lipinski definition) is 2. The van der Waals surface area contributed by atoms with Crippen LogP contribution in [0, 0.1) is 5.92 Å². The summed E-state index contributed by atoms with van der Waals surface area (Å²) in [6.07, 6.45) is 1.37. The summed E-state index contributed by atoms with van der Waals surface area (Å²) >= 11 is 0. The van der Waals surface area contributed by atoms with Crippen molar-refractivity contribution < 1.29 is 15.0 Å². The van der Waals surface area contributed by atoms with Gasteiger partial charge in [0.25, 0.3) is 0 Å². The normalized spacial score (nSPS) is 30.3. The Morgan fingerprint density at radius 3 is 2.85 bits per heavy atom. The van der Waals surface area contributed by atoms with Crippen LogP contribution in [0.5, 0.6) is 0 Å². The van der Waals surface area contributed by atoms with Crippen LogP contribution >= 0.6 is 0 Å². The third-order valence-corrected chi connectivity index (χ3v) is 2.66. The van der Waals surface area contributed by atoms with Gasteiger partial charge in [-0.05, 0) is 18.8 Å². The Kier molecular flexibility index (Phi) is 3.69. The minimum Gasteiger partial charge on any atom is -0.480 e. The molecule has 0 aliphatic carbocycles. The highest BCUT2D eigenvalue weighted by Gasteiger charge is 2.26. The minimum atomic E-state index is -0.786. The Morgan fingerprint density at radius 2 is 2.31 bits per heavy atom. The molecule has 0 saturated carbocycles. The molecule has 2 N–H and O–H groups in total. The number of aliphatic carboxylic acids is 1. The molecule has 1 rings (SSSR count). The molecule has 1 aliphatic rings. The van der Waals surface area contributed by atoms with E-state index in [0.29, 0.717) is 19.5 Å². The van der Waals surface area contributed by atoms with Crippen LogP contribution in [0.25, 0.3) is 0 Å². The predicted octanol–water partition coefficient (Wildman–Crippen LogP) is 0.164. The van der Waals surface area contributed by atoms with E-state index >= 15 is 0 Å². The lowest BCUT2D eigenvalue weighted by molar-refractivity contribution is -0.139. The largest absolute Gasteiger partial charge is 0.480 e. The standard InChI is InChI=1S/C9H17NO3/c1-2-7-5-10(6-9(12)13)4-3-8(7)11/h7-8,11H,2-6H2,1H3,(H,12,13)/t7-,8-/m1/s1. The van der Waals surface area contributed by atoms with Gasteiger partial charge in [-0.25, -0.2) is 0 Å². The molecule has 4 nitrogen and oxygen atoms in total. The Balaban J connectivity index is 2.40. The van der Waals surface area contributed by atoms with Crippen molar-refractivity contribution >= 4 is 5.97 Å². The topological polar surface area (TPSA) is 60.8 Å². The molecule has 0 aromatic carbocycles. The average Bonchev–Trinajstić information content (AvgIpc) is 2.07. The molecule has 0 aromatic rings. The van der Waals surface area contributed by atoms with Crippen LogP contribution in [-0.2, 0) is 4.79 Å². The molecule has 76 valence electrons. The van der Waals surface area contributed by atoms with E-state index in [2.05, 4.69) is 0 Å². The third kappa shape index (κ3) is 2.97. The second-order valence-corrected chi connectivity index (χ2v) is 3.65. The van der Waals surface area contributed by atoms with E-state index in [1.807, 2.05) is 11.8 Å². The molecule has 0 aromatic heterocycles. The lowest BCUT2D eigenvalue weighted by Gasteiger charge is -2.34. The van der Waals surface area contributed by atoms with Gasteiger partial charge in [-0.3, -0.25) is 9.69 Å². The van der Waals surface area contributed by atoms with Crippen LogP contribution in [0.4, 0.5) is 0 Å². The molecule has 4 heteroatoms. The maximum Gasteiger partial charge on any atom is 0.317 e. The first-order chi connectivity index (χ1) is 6.13. The lowest BCUT2D eigenvalue weighted by atomic mass is 9.92. The molecule has 1 saturated heterocycles. The number of piperidine rings is 1. The number of likely N-dealkylation sites (tertiary alicyclic amines) is 1. The number of carboxylic acids is 1. The molecule has 1 fully saturated rings. The summed E-state index contributed by atoms with van der Waals surface area (Å²) in [6, 6.07) is 0. The summed E-state index contributed by atoms with van der Waals surface area (Å²) in [5.74, 6) is -0.542. The highest BCUT2D eigenvalue weighted by Crippen LogP contribution is 2.19.